The second kappa shape index (κ2) is 8.88. The zero-order valence-electron chi connectivity index (χ0n) is 14.8. The maximum atomic E-state index is 11.3. The van der Waals surface area contributed by atoms with E-state index >= 15 is 0 Å². The number of hydrogen-bond acceptors (Lipinski definition) is 5. The van der Waals surface area contributed by atoms with Crippen molar-refractivity contribution in [2.45, 2.75) is 70.9 Å². The van der Waals surface area contributed by atoms with Crippen LogP contribution in [0.4, 0.5) is 0 Å². The van der Waals surface area contributed by atoms with Crippen LogP contribution in [0.1, 0.15) is 40.5 Å². The van der Waals surface area contributed by atoms with Crippen LogP contribution < -0.4 is 0 Å². The average Bonchev–Trinajstić information content (AvgIpc) is 2.36. The molecule has 126 valence electrons. The summed E-state index contributed by atoms with van der Waals surface area (Å²) >= 11 is 0. The molecule has 2 atom stereocenters. The van der Waals surface area contributed by atoms with Gasteiger partial charge in [-0.25, -0.2) is 0 Å². The number of rotatable bonds is 9. The summed E-state index contributed by atoms with van der Waals surface area (Å²) in [5.41, 5.74) is 0. The van der Waals surface area contributed by atoms with Gasteiger partial charge in [-0.15, -0.1) is 0 Å². The molecule has 0 fully saturated rings. The summed E-state index contributed by atoms with van der Waals surface area (Å²) in [5, 5.41) is 0.134. The van der Waals surface area contributed by atoms with E-state index in [1.165, 1.54) is 7.11 Å². The Hall–Kier alpha value is -0.433. The first-order valence-corrected chi connectivity index (χ1v) is 10.3. The fourth-order valence-electron chi connectivity index (χ4n) is 1.69. The highest BCUT2D eigenvalue weighted by atomic mass is 28.4. The van der Waals surface area contributed by atoms with Crippen molar-refractivity contribution in [2.75, 3.05) is 21.0 Å². The van der Waals surface area contributed by atoms with Crippen LogP contribution in [0.5, 0.6) is 0 Å². The van der Waals surface area contributed by atoms with E-state index in [2.05, 4.69) is 38.6 Å². The third-order valence-corrected chi connectivity index (χ3v) is 8.64. The Balaban J connectivity index is 4.70. The molecule has 0 radical (unpaired) electrons. The molecule has 6 heteroatoms. The van der Waals surface area contributed by atoms with Crippen LogP contribution in [-0.2, 0) is 23.4 Å². The molecule has 0 aliphatic rings. The van der Waals surface area contributed by atoms with E-state index in [9.17, 15) is 4.79 Å². The summed E-state index contributed by atoms with van der Waals surface area (Å²) in [6.07, 6.45) is 0.603. The van der Waals surface area contributed by atoms with Crippen LogP contribution in [0.2, 0.25) is 18.1 Å². The van der Waals surface area contributed by atoms with E-state index in [0.717, 1.165) is 0 Å². The van der Waals surface area contributed by atoms with Gasteiger partial charge in [0.2, 0.25) is 0 Å². The Kier molecular flexibility index (Phi) is 8.69. The first kappa shape index (κ1) is 20.6. The third kappa shape index (κ3) is 7.40. The Morgan fingerprint density at radius 1 is 1.19 bits per heavy atom. The molecule has 0 aromatic rings. The minimum atomic E-state index is -1.87. The molecule has 0 spiro atoms. The lowest BCUT2D eigenvalue weighted by atomic mass is 10.1. The zero-order chi connectivity index (χ0) is 16.7. The number of ether oxygens (including phenoxy) is 3. The van der Waals surface area contributed by atoms with Crippen LogP contribution >= 0.6 is 0 Å². The predicted octanol–water partition coefficient (Wildman–Crippen LogP) is 3.34. The lowest BCUT2D eigenvalue weighted by Gasteiger charge is -2.40. The fraction of sp³-hybridized carbons (Fsp3) is 0.933. The highest BCUT2D eigenvalue weighted by molar-refractivity contribution is 6.74. The summed E-state index contributed by atoms with van der Waals surface area (Å²) in [6.45, 7) is 13.2. The first-order chi connectivity index (χ1) is 9.55. The van der Waals surface area contributed by atoms with Gasteiger partial charge in [-0.1, -0.05) is 20.8 Å². The monoisotopic (exact) mass is 320 g/mol. The number of methoxy groups -OCH3 is 2. The van der Waals surface area contributed by atoms with Gasteiger partial charge in [-0.05, 0) is 31.5 Å². The Morgan fingerprint density at radius 2 is 1.76 bits per heavy atom. The average molecular weight is 321 g/mol. The van der Waals surface area contributed by atoms with E-state index in [4.69, 9.17) is 13.9 Å². The molecule has 0 bridgehead atoms. The molecule has 0 saturated carbocycles. The molecular weight excluding hydrogens is 288 g/mol. The van der Waals surface area contributed by atoms with E-state index in [1.807, 2.05) is 6.92 Å². The van der Waals surface area contributed by atoms with Crippen molar-refractivity contribution in [2.24, 2.45) is 0 Å². The van der Waals surface area contributed by atoms with Crippen LogP contribution in [-0.4, -0.2) is 47.5 Å². The van der Waals surface area contributed by atoms with Gasteiger partial charge in [0.25, 0.3) is 0 Å². The van der Waals surface area contributed by atoms with Crippen LogP contribution in [0.25, 0.3) is 0 Å². The second-order valence-electron chi connectivity index (χ2n) is 6.81. The van der Waals surface area contributed by atoms with Crippen molar-refractivity contribution < 1.29 is 23.4 Å². The topological polar surface area (TPSA) is 54.0 Å². The molecule has 0 heterocycles. The van der Waals surface area contributed by atoms with Gasteiger partial charge in [0.05, 0.1) is 19.3 Å². The molecule has 0 aromatic carbocycles. The van der Waals surface area contributed by atoms with Crippen molar-refractivity contribution in [3.8, 4) is 0 Å². The predicted molar refractivity (Wildman–Crippen MR) is 85.7 cm³/mol. The van der Waals surface area contributed by atoms with E-state index in [1.54, 1.807) is 7.11 Å². The van der Waals surface area contributed by atoms with E-state index in [0.29, 0.717) is 12.8 Å². The second-order valence-corrected chi connectivity index (χ2v) is 11.6. The summed E-state index contributed by atoms with van der Waals surface area (Å²) < 4.78 is 21.7. The van der Waals surface area contributed by atoms with Crippen molar-refractivity contribution in [3.05, 3.63) is 0 Å². The zero-order valence-corrected chi connectivity index (χ0v) is 15.8. The fourth-order valence-corrected chi connectivity index (χ4v) is 3.12. The summed E-state index contributed by atoms with van der Waals surface area (Å²) in [7, 11) is 1.10. The van der Waals surface area contributed by atoms with Gasteiger partial charge >= 0.3 is 5.97 Å². The molecular formula is C15H32O5Si. The Bertz CT molecular complexity index is 312. The molecule has 5 nitrogen and oxygen atoms in total. The Labute approximate surface area is 130 Å². The largest absolute Gasteiger partial charge is 0.469 e. The number of carbonyl (C=O) groups is 1. The number of hydrogen-bond donors (Lipinski definition) is 0. The smallest absolute Gasteiger partial charge is 0.305 e. The molecule has 0 aliphatic carbocycles. The highest BCUT2D eigenvalue weighted by Gasteiger charge is 2.39. The molecule has 0 amide bonds. The SMILES string of the molecule is COCO[C@H](CCC(=O)OC)[C@H](C)O[Si](C)(C)C(C)(C)C. The van der Waals surface area contributed by atoms with Gasteiger partial charge in [0.1, 0.15) is 6.79 Å². The van der Waals surface area contributed by atoms with E-state index in [-0.39, 0.29) is 30.0 Å². The lowest BCUT2D eigenvalue weighted by molar-refractivity contribution is -0.144. The quantitative estimate of drug-likeness (QED) is 0.370. The summed E-state index contributed by atoms with van der Waals surface area (Å²) in [4.78, 5) is 11.3. The molecule has 0 saturated heterocycles. The van der Waals surface area contributed by atoms with Gasteiger partial charge in [0, 0.05) is 13.5 Å². The van der Waals surface area contributed by atoms with Crippen LogP contribution in [0.15, 0.2) is 0 Å². The number of esters is 1. The van der Waals surface area contributed by atoms with Gasteiger partial charge in [-0.3, -0.25) is 4.79 Å². The van der Waals surface area contributed by atoms with Gasteiger partial charge in [-0.2, -0.15) is 0 Å². The van der Waals surface area contributed by atoms with Gasteiger partial charge in [0.15, 0.2) is 8.32 Å². The normalized spacial score (nSPS) is 15.6. The van der Waals surface area contributed by atoms with Crippen molar-refractivity contribution >= 4 is 14.3 Å². The first-order valence-electron chi connectivity index (χ1n) is 7.40. The minimum Gasteiger partial charge on any atom is -0.469 e. The van der Waals surface area contributed by atoms with Gasteiger partial charge < -0.3 is 18.6 Å². The molecule has 21 heavy (non-hydrogen) atoms. The highest BCUT2D eigenvalue weighted by Crippen LogP contribution is 2.37. The Morgan fingerprint density at radius 3 is 2.19 bits per heavy atom. The molecule has 0 aromatic heterocycles. The van der Waals surface area contributed by atoms with E-state index < -0.39 is 8.32 Å². The standard InChI is InChI=1S/C15H32O5Si/c1-12(20-21(7,8)15(2,3)4)13(19-11-17-5)9-10-14(16)18-6/h12-13H,9-11H2,1-8H3/t12-,13+/m0/s1. The minimum absolute atomic E-state index is 0.0919. The van der Waals surface area contributed by atoms with Crippen LogP contribution in [0.3, 0.4) is 0 Å². The van der Waals surface area contributed by atoms with Crippen molar-refractivity contribution in [3.63, 3.8) is 0 Å². The number of carbonyl (C=O) groups excluding carboxylic acids is 1. The maximum Gasteiger partial charge on any atom is 0.305 e. The summed E-state index contributed by atoms with van der Waals surface area (Å²) in [5.74, 6) is -0.236. The molecule has 0 aliphatic heterocycles. The maximum absolute atomic E-state index is 11.3. The summed E-state index contributed by atoms with van der Waals surface area (Å²) in [6, 6.07) is 0. The third-order valence-electron chi connectivity index (χ3n) is 4.07. The molecule has 0 rings (SSSR count). The molecule has 0 N–H and O–H groups in total. The lowest BCUT2D eigenvalue weighted by Crippen LogP contribution is -2.46. The van der Waals surface area contributed by atoms with Crippen molar-refractivity contribution in [1.29, 1.82) is 0 Å². The molecule has 0 unspecified atom stereocenters. The van der Waals surface area contributed by atoms with Crippen molar-refractivity contribution in [1.82, 2.24) is 0 Å². The van der Waals surface area contributed by atoms with Crippen LogP contribution in [0, 0.1) is 0 Å².